The molecular formula is C21H25F2NO3S. The van der Waals surface area contributed by atoms with Crippen LogP contribution in [0.5, 0.6) is 11.5 Å². The van der Waals surface area contributed by atoms with Crippen LogP contribution in [0.25, 0.3) is 0 Å². The van der Waals surface area contributed by atoms with E-state index in [0.717, 1.165) is 10.5 Å². The number of aryl methyl sites for hydroxylation is 2. The lowest BCUT2D eigenvalue weighted by atomic mass is 10.1. The number of ether oxygens (including phenoxy) is 2. The van der Waals surface area contributed by atoms with Crippen LogP contribution in [0, 0.1) is 13.8 Å². The van der Waals surface area contributed by atoms with E-state index in [1.165, 1.54) is 24.3 Å². The van der Waals surface area contributed by atoms with Crippen molar-refractivity contribution in [3.63, 3.8) is 0 Å². The Bertz CT molecular complexity index is 799. The Labute approximate surface area is 168 Å². The number of amides is 1. The second-order valence-corrected chi connectivity index (χ2v) is 7.48. The average molecular weight is 409 g/mol. The molecule has 0 heterocycles. The highest BCUT2D eigenvalue weighted by Gasteiger charge is 2.11. The molecule has 0 aliphatic rings. The average Bonchev–Trinajstić information content (AvgIpc) is 2.64. The molecule has 2 aromatic rings. The van der Waals surface area contributed by atoms with Crippen LogP contribution in [0.2, 0.25) is 0 Å². The number of nitrogens with one attached hydrogen (secondary N) is 1. The largest absolute Gasteiger partial charge is 0.493 e. The standard InChI is InChI=1S/C21H25F2NO3S/c1-14-4-6-17(12-15(14)2)28-11-9-20(25)24-10-8-16-5-7-18(26-3)19(13-16)27-21(22)23/h4-7,12-13,21H,8-11H2,1-3H3,(H,24,25). The molecule has 4 nitrogen and oxygen atoms in total. The van der Waals surface area contributed by atoms with Gasteiger partial charge in [-0.15, -0.1) is 11.8 Å². The molecule has 2 aromatic carbocycles. The van der Waals surface area contributed by atoms with Gasteiger partial charge < -0.3 is 14.8 Å². The Balaban J connectivity index is 1.75. The minimum Gasteiger partial charge on any atom is -0.493 e. The molecule has 0 unspecified atom stereocenters. The fourth-order valence-corrected chi connectivity index (χ4v) is 3.51. The van der Waals surface area contributed by atoms with Crippen LogP contribution >= 0.6 is 11.8 Å². The van der Waals surface area contributed by atoms with Crippen molar-refractivity contribution in [2.75, 3.05) is 19.4 Å². The van der Waals surface area contributed by atoms with Crippen molar-refractivity contribution < 1.29 is 23.0 Å². The Kier molecular flexibility index (Phi) is 8.57. The fourth-order valence-electron chi connectivity index (χ4n) is 2.56. The number of methoxy groups -OCH3 is 1. The van der Waals surface area contributed by atoms with Gasteiger partial charge in [0.2, 0.25) is 5.91 Å². The molecule has 0 aliphatic carbocycles. The molecule has 0 saturated carbocycles. The smallest absolute Gasteiger partial charge is 0.387 e. The molecule has 152 valence electrons. The van der Waals surface area contributed by atoms with Gasteiger partial charge in [0.05, 0.1) is 7.11 Å². The van der Waals surface area contributed by atoms with Crippen molar-refractivity contribution in [3.8, 4) is 11.5 Å². The lowest BCUT2D eigenvalue weighted by molar-refractivity contribution is -0.120. The summed E-state index contributed by atoms with van der Waals surface area (Å²) < 4.78 is 34.4. The highest BCUT2D eigenvalue weighted by atomic mass is 32.2. The maximum Gasteiger partial charge on any atom is 0.387 e. The van der Waals surface area contributed by atoms with Gasteiger partial charge in [-0.3, -0.25) is 4.79 Å². The van der Waals surface area contributed by atoms with Gasteiger partial charge in [0.15, 0.2) is 11.5 Å². The zero-order valence-electron chi connectivity index (χ0n) is 16.3. The minimum atomic E-state index is -2.92. The summed E-state index contributed by atoms with van der Waals surface area (Å²) in [7, 11) is 1.39. The third-order valence-electron chi connectivity index (χ3n) is 4.26. The van der Waals surface area contributed by atoms with Crippen LogP contribution in [0.1, 0.15) is 23.1 Å². The van der Waals surface area contributed by atoms with Crippen molar-refractivity contribution in [2.24, 2.45) is 0 Å². The Hall–Kier alpha value is -2.28. The summed E-state index contributed by atoms with van der Waals surface area (Å²) in [5.74, 6) is 0.903. The van der Waals surface area contributed by atoms with E-state index in [0.29, 0.717) is 25.1 Å². The molecule has 0 atom stereocenters. The molecular weight excluding hydrogens is 384 g/mol. The molecule has 1 amide bonds. The van der Waals surface area contributed by atoms with E-state index < -0.39 is 6.61 Å². The van der Waals surface area contributed by atoms with Crippen molar-refractivity contribution in [2.45, 2.75) is 38.2 Å². The second kappa shape index (κ2) is 10.9. The van der Waals surface area contributed by atoms with Crippen molar-refractivity contribution in [3.05, 3.63) is 53.1 Å². The minimum absolute atomic E-state index is 0.00822. The zero-order chi connectivity index (χ0) is 20.5. The summed E-state index contributed by atoms with van der Waals surface area (Å²) in [4.78, 5) is 13.1. The highest BCUT2D eigenvalue weighted by Crippen LogP contribution is 2.29. The van der Waals surface area contributed by atoms with E-state index in [4.69, 9.17) is 4.74 Å². The monoisotopic (exact) mass is 409 g/mol. The van der Waals surface area contributed by atoms with E-state index in [1.807, 2.05) is 0 Å². The number of thioether (sulfide) groups is 1. The fraction of sp³-hybridized carbons (Fsp3) is 0.381. The predicted octanol–water partition coefficient (Wildman–Crippen LogP) is 4.75. The molecule has 0 spiro atoms. The van der Waals surface area contributed by atoms with Gasteiger partial charge in [0.25, 0.3) is 0 Å². The molecule has 0 aliphatic heterocycles. The second-order valence-electron chi connectivity index (χ2n) is 6.31. The number of alkyl halides is 2. The number of rotatable bonds is 10. The summed E-state index contributed by atoms with van der Waals surface area (Å²) in [6, 6.07) is 11.1. The first kappa shape index (κ1) is 22.0. The van der Waals surface area contributed by atoms with Gasteiger partial charge >= 0.3 is 6.61 Å². The summed E-state index contributed by atoms with van der Waals surface area (Å²) in [6.45, 7) is 1.65. The molecule has 0 radical (unpaired) electrons. The Morgan fingerprint density at radius 2 is 1.89 bits per heavy atom. The molecule has 1 N–H and O–H groups in total. The third-order valence-corrected chi connectivity index (χ3v) is 5.25. The van der Waals surface area contributed by atoms with Gasteiger partial charge in [-0.2, -0.15) is 8.78 Å². The molecule has 2 rings (SSSR count). The van der Waals surface area contributed by atoms with E-state index in [-0.39, 0.29) is 17.4 Å². The van der Waals surface area contributed by atoms with Crippen LogP contribution in [0.4, 0.5) is 8.78 Å². The van der Waals surface area contributed by atoms with Crippen molar-refractivity contribution in [1.82, 2.24) is 5.32 Å². The SMILES string of the molecule is COc1ccc(CCNC(=O)CCSc2ccc(C)c(C)c2)cc1OC(F)F. The molecule has 0 fully saturated rings. The number of carbonyl (C=O) groups excluding carboxylic acids is 1. The molecule has 28 heavy (non-hydrogen) atoms. The van der Waals surface area contributed by atoms with Crippen molar-refractivity contribution in [1.29, 1.82) is 0 Å². The Morgan fingerprint density at radius 1 is 1.11 bits per heavy atom. The molecule has 0 bridgehead atoms. The molecule has 7 heteroatoms. The third kappa shape index (κ3) is 7.03. The number of carbonyl (C=O) groups is 1. The van der Waals surface area contributed by atoms with E-state index in [9.17, 15) is 13.6 Å². The number of hydrogen-bond donors (Lipinski definition) is 1. The zero-order valence-corrected chi connectivity index (χ0v) is 17.1. The van der Waals surface area contributed by atoms with Crippen molar-refractivity contribution >= 4 is 17.7 Å². The van der Waals surface area contributed by atoms with Gasteiger partial charge in [-0.1, -0.05) is 12.1 Å². The molecule has 0 aromatic heterocycles. The first-order valence-corrected chi connectivity index (χ1v) is 9.96. The van der Waals surface area contributed by atoms with Crippen LogP contribution < -0.4 is 14.8 Å². The maximum atomic E-state index is 12.5. The van der Waals surface area contributed by atoms with Crippen LogP contribution in [0.3, 0.4) is 0 Å². The quantitative estimate of drug-likeness (QED) is 0.575. The maximum absolute atomic E-state index is 12.5. The normalized spacial score (nSPS) is 10.8. The van der Waals surface area contributed by atoms with Crippen LogP contribution in [-0.2, 0) is 11.2 Å². The van der Waals surface area contributed by atoms with Gasteiger partial charge in [0, 0.05) is 23.6 Å². The number of hydrogen-bond acceptors (Lipinski definition) is 4. The summed E-state index contributed by atoms with van der Waals surface area (Å²) >= 11 is 1.65. The number of benzene rings is 2. The van der Waals surface area contributed by atoms with E-state index in [1.54, 1.807) is 23.9 Å². The highest BCUT2D eigenvalue weighted by molar-refractivity contribution is 7.99. The topological polar surface area (TPSA) is 47.6 Å². The van der Waals surface area contributed by atoms with E-state index in [2.05, 4.69) is 42.1 Å². The lowest BCUT2D eigenvalue weighted by Crippen LogP contribution is -2.25. The Morgan fingerprint density at radius 3 is 2.57 bits per heavy atom. The number of halogens is 2. The summed E-state index contributed by atoms with van der Waals surface area (Å²) in [5, 5.41) is 2.85. The summed E-state index contributed by atoms with van der Waals surface area (Å²) in [6.07, 6.45) is 0.930. The lowest BCUT2D eigenvalue weighted by Gasteiger charge is -2.12. The summed E-state index contributed by atoms with van der Waals surface area (Å²) in [5.41, 5.74) is 3.27. The van der Waals surface area contributed by atoms with Gasteiger partial charge in [-0.05, 0) is 61.2 Å². The van der Waals surface area contributed by atoms with Crippen LogP contribution in [0.15, 0.2) is 41.3 Å². The first-order valence-electron chi connectivity index (χ1n) is 8.97. The van der Waals surface area contributed by atoms with Crippen LogP contribution in [-0.4, -0.2) is 31.9 Å². The first-order chi connectivity index (χ1) is 13.4. The molecule has 0 saturated heterocycles. The van der Waals surface area contributed by atoms with Gasteiger partial charge in [0.1, 0.15) is 0 Å². The van der Waals surface area contributed by atoms with Gasteiger partial charge in [-0.25, -0.2) is 0 Å². The predicted molar refractivity (Wildman–Crippen MR) is 108 cm³/mol. The van der Waals surface area contributed by atoms with E-state index >= 15 is 0 Å².